The zero-order chi connectivity index (χ0) is 22.3. The van der Waals surface area contributed by atoms with Crippen LogP contribution in [0.1, 0.15) is 50.5 Å². The summed E-state index contributed by atoms with van der Waals surface area (Å²) in [6, 6.07) is 16.1. The first kappa shape index (κ1) is 23.1. The zero-order valence-corrected chi connectivity index (χ0v) is 18.2. The van der Waals surface area contributed by atoms with Gasteiger partial charge in [0.05, 0.1) is 0 Å². The van der Waals surface area contributed by atoms with Crippen LogP contribution in [0.3, 0.4) is 0 Å². The first-order valence-electron chi connectivity index (χ1n) is 9.86. The number of Topliss-reactive ketones (excluding diaryl/α,β-unsaturated/α-hetero) is 1. The SMILES string of the molecule is CC(=O)c1ccc(OCC(=O)O[C@@H](C)C(=O)N(Cc2ccccc2)C(C)(C)C)cc1. The predicted molar refractivity (Wildman–Crippen MR) is 114 cm³/mol. The quantitative estimate of drug-likeness (QED) is 0.484. The second-order valence-electron chi connectivity index (χ2n) is 8.08. The fraction of sp³-hybridized carbons (Fsp3) is 0.375. The van der Waals surface area contributed by atoms with Crippen LogP contribution in [0.2, 0.25) is 0 Å². The highest BCUT2D eigenvalue weighted by molar-refractivity contribution is 5.94. The summed E-state index contributed by atoms with van der Waals surface area (Å²) in [5, 5.41) is 0. The molecule has 2 rings (SSSR count). The molecule has 0 bridgehead atoms. The van der Waals surface area contributed by atoms with Crippen molar-refractivity contribution >= 4 is 17.7 Å². The van der Waals surface area contributed by atoms with Gasteiger partial charge in [-0.05, 0) is 64.4 Å². The number of hydrogen-bond donors (Lipinski definition) is 0. The molecule has 0 aliphatic heterocycles. The maximum atomic E-state index is 13.0. The molecular formula is C24H29NO5. The van der Waals surface area contributed by atoms with Gasteiger partial charge in [-0.3, -0.25) is 9.59 Å². The summed E-state index contributed by atoms with van der Waals surface area (Å²) in [4.78, 5) is 38.1. The predicted octanol–water partition coefficient (Wildman–Crippen LogP) is 4.03. The number of benzene rings is 2. The van der Waals surface area contributed by atoms with E-state index in [1.165, 1.54) is 6.92 Å². The van der Waals surface area contributed by atoms with E-state index in [-0.39, 0.29) is 18.3 Å². The summed E-state index contributed by atoms with van der Waals surface area (Å²) in [6.07, 6.45) is -0.941. The second kappa shape index (κ2) is 10.1. The van der Waals surface area contributed by atoms with E-state index in [0.717, 1.165) is 5.56 Å². The standard InChI is InChI=1S/C24H29NO5/c1-17(26)20-11-13-21(14-12-20)29-16-22(27)30-18(2)23(28)25(24(3,4)5)15-19-9-7-6-8-10-19/h6-14,18H,15-16H2,1-5H3/t18-/m0/s1. The van der Waals surface area contributed by atoms with Crippen LogP contribution in [0.5, 0.6) is 5.75 Å². The number of carbonyl (C=O) groups excluding carboxylic acids is 3. The van der Waals surface area contributed by atoms with Gasteiger partial charge in [-0.15, -0.1) is 0 Å². The Bertz CT molecular complexity index is 869. The van der Waals surface area contributed by atoms with E-state index in [4.69, 9.17) is 9.47 Å². The van der Waals surface area contributed by atoms with Crippen LogP contribution in [-0.4, -0.2) is 40.8 Å². The van der Waals surface area contributed by atoms with E-state index < -0.39 is 17.6 Å². The van der Waals surface area contributed by atoms with Crippen LogP contribution in [0, 0.1) is 0 Å². The van der Waals surface area contributed by atoms with Crippen molar-refractivity contribution in [2.24, 2.45) is 0 Å². The van der Waals surface area contributed by atoms with Crippen LogP contribution in [0.4, 0.5) is 0 Å². The minimum Gasteiger partial charge on any atom is -0.482 e. The molecule has 2 aromatic rings. The summed E-state index contributed by atoms with van der Waals surface area (Å²) in [6.45, 7) is 8.95. The van der Waals surface area contributed by atoms with Crippen LogP contribution in [-0.2, 0) is 20.9 Å². The summed E-state index contributed by atoms with van der Waals surface area (Å²) < 4.78 is 10.7. The first-order chi connectivity index (χ1) is 14.1. The Labute approximate surface area is 177 Å². The summed E-state index contributed by atoms with van der Waals surface area (Å²) in [5.41, 5.74) is 1.12. The molecule has 0 spiro atoms. The van der Waals surface area contributed by atoms with Gasteiger partial charge >= 0.3 is 5.97 Å². The maximum Gasteiger partial charge on any atom is 0.344 e. The molecule has 6 heteroatoms. The molecule has 0 aliphatic carbocycles. The van der Waals surface area contributed by atoms with E-state index in [0.29, 0.717) is 17.9 Å². The van der Waals surface area contributed by atoms with Crippen molar-refractivity contribution in [2.45, 2.75) is 52.8 Å². The number of amides is 1. The number of hydrogen-bond acceptors (Lipinski definition) is 5. The zero-order valence-electron chi connectivity index (χ0n) is 18.2. The minimum atomic E-state index is -0.941. The van der Waals surface area contributed by atoms with Crippen LogP contribution in [0.15, 0.2) is 54.6 Å². The molecule has 0 saturated heterocycles. The van der Waals surface area contributed by atoms with Gasteiger partial charge in [0.15, 0.2) is 18.5 Å². The maximum absolute atomic E-state index is 13.0. The van der Waals surface area contributed by atoms with Crippen molar-refractivity contribution in [1.29, 1.82) is 0 Å². The van der Waals surface area contributed by atoms with Gasteiger partial charge in [0, 0.05) is 17.6 Å². The average Bonchev–Trinajstić information content (AvgIpc) is 2.70. The lowest BCUT2D eigenvalue weighted by molar-refractivity contribution is -0.163. The van der Waals surface area contributed by atoms with Crippen molar-refractivity contribution in [3.8, 4) is 5.75 Å². The monoisotopic (exact) mass is 411 g/mol. The molecule has 0 fully saturated rings. The van der Waals surface area contributed by atoms with Gasteiger partial charge in [-0.25, -0.2) is 4.79 Å². The molecule has 6 nitrogen and oxygen atoms in total. The normalized spacial score (nSPS) is 12.0. The third-order valence-corrected chi connectivity index (χ3v) is 4.53. The Morgan fingerprint density at radius 3 is 2.10 bits per heavy atom. The van der Waals surface area contributed by atoms with E-state index in [1.54, 1.807) is 36.1 Å². The molecule has 0 N–H and O–H groups in total. The Kier molecular flexibility index (Phi) is 7.75. The lowest BCUT2D eigenvalue weighted by Crippen LogP contribution is -2.49. The molecular weight excluding hydrogens is 382 g/mol. The third-order valence-electron chi connectivity index (χ3n) is 4.53. The lowest BCUT2D eigenvalue weighted by atomic mass is 10.0. The van der Waals surface area contributed by atoms with Crippen molar-refractivity contribution in [3.05, 3.63) is 65.7 Å². The number of ether oxygens (including phenoxy) is 2. The van der Waals surface area contributed by atoms with Crippen molar-refractivity contribution in [3.63, 3.8) is 0 Å². The number of nitrogens with zero attached hydrogens (tertiary/aromatic N) is 1. The Hall–Kier alpha value is -3.15. The van der Waals surface area contributed by atoms with Gasteiger partial charge < -0.3 is 14.4 Å². The van der Waals surface area contributed by atoms with E-state index in [9.17, 15) is 14.4 Å². The number of ketones is 1. The molecule has 0 aliphatic rings. The topological polar surface area (TPSA) is 72.9 Å². The Balaban J connectivity index is 1.94. The van der Waals surface area contributed by atoms with E-state index in [1.807, 2.05) is 51.1 Å². The molecule has 0 heterocycles. The largest absolute Gasteiger partial charge is 0.482 e. The van der Waals surface area contributed by atoms with Crippen molar-refractivity contribution in [1.82, 2.24) is 4.90 Å². The Morgan fingerprint density at radius 1 is 0.967 bits per heavy atom. The fourth-order valence-corrected chi connectivity index (χ4v) is 2.84. The minimum absolute atomic E-state index is 0.0489. The van der Waals surface area contributed by atoms with E-state index >= 15 is 0 Å². The van der Waals surface area contributed by atoms with Crippen LogP contribution < -0.4 is 4.74 Å². The molecule has 1 atom stereocenters. The molecule has 160 valence electrons. The highest BCUT2D eigenvalue weighted by atomic mass is 16.6. The fourth-order valence-electron chi connectivity index (χ4n) is 2.84. The van der Waals surface area contributed by atoms with E-state index in [2.05, 4.69) is 0 Å². The van der Waals surface area contributed by atoms with Crippen molar-refractivity contribution < 1.29 is 23.9 Å². The average molecular weight is 411 g/mol. The molecule has 0 unspecified atom stereocenters. The highest BCUT2D eigenvalue weighted by Crippen LogP contribution is 2.20. The smallest absolute Gasteiger partial charge is 0.344 e. The molecule has 0 aromatic heterocycles. The molecule has 0 saturated carbocycles. The van der Waals surface area contributed by atoms with Crippen molar-refractivity contribution in [2.75, 3.05) is 6.61 Å². The number of carbonyl (C=O) groups is 3. The first-order valence-corrected chi connectivity index (χ1v) is 9.86. The van der Waals surface area contributed by atoms with Gasteiger partial charge in [-0.2, -0.15) is 0 Å². The molecule has 0 radical (unpaired) electrons. The summed E-state index contributed by atoms with van der Waals surface area (Å²) in [5.74, 6) is -0.519. The number of rotatable bonds is 8. The molecule has 2 aromatic carbocycles. The number of esters is 1. The third kappa shape index (κ3) is 6.72. The molecule has 1 amide bonds. The van der Waals surface area contributed by atoms with Gasteiger partial charge in [-0.1, -0.05) is 30.3 Å². The second-order valence-corrected chi connectivity index (χ2v) is 8.08. The van der Waals surface area contributed by atoms with Gasteiger partial charge in [0.1, 0.15) is 5.75 Å². The highest BCUT2D eigenvalue weighted by Gasteiger charge is 2.31. The lowest BCUT2D eigenvalue weighted by Gasteiger charge is -2.37. The summed E-state index contributed by atoms with van der Waals surface area (Å²) >= 11 is 0. The van der Waals surface area contributed by atoms with Crippen LogP contribution in [0.25, 0.3) is 0 Å². The van der Waals surface area contributed by atoms with Gasteiger partial charge in [0.25, 0.3) is 5.91 Å². The Morgan fingerprint density at radius 2 is 1.57 bits per heavy atom. The van der Waals surface area contributed by atoms with Crippen LogP contribution >= 0.6 is 0 Å². The summed E-state index contributed by atoms with van der Waals surface area (Å²) in [7, 11) is 0. The molecule has 30 heavy (non-hydrogen) atoms. The van der Waals surface area contributed by atoms with Gasteiger partial charge in [0.2, 0.25) is 0 Å².